The fraction of sp³-hybridized carbons (Fsp3) is 0.700. The summed E-state index contributed by atoms with van der Waals surface area (Å²) < 4.78 is 2.23. The molecule has 0 radical (unpaired) electrons. The van der Waals surface area contributed by atoms with Crippen molar-refractivity contribution in [1.29, 1.82) is 0 Å². The number of hydrogen-bond acceptors (Lipinski definition) is 3. The van der Waals surface area contributed by atoms with Gasteiger partial charge in [0.05, 0.1) is 6.54 Å². The molecule has 0 aliphatic carbocycles. The van der Waals surface area contributed by atoms with Gasteiger partial charge in [-0.25, -0.2) is 4.98 Å². The molecule has 0 aromatic carbocycles. The van der Waals surface area contributed by atoms with Gasteiger partial charge in [-0.1, -0.05) is 6.92 Å². The highest BCUT2D eigenvalue weighted by Crippen LogP contribution is 2.04. The van der Waals surface area contributed by atoms with Crippen molar-refractivity contribution in [2.75, 3.05) is 18.6 Å². The normalized spacial score (nSPS) is 10.7. The summed E-state index contributed by atoms with van der Waals surface area (Å²) in [7, 11) is 1.95. The molecule has 3 nitrogen and oxygen atoms in total. The van der Waals surface area contributed by atoms with Crippen LogP contribution in [0.4, 0.5) is 0 Å². The molecule has 0 saturated heterocycles. The van der Waals surface area contributed by atoms with Gasteiger partial charge in [0.2, 0.25) is 0 Å². The second-order valence-corrected chi connectivity index (χ2v) is 4.51. The summed E-state index contributed by atoms with van der Waals surface area (Å²) in [6, 6.07) is 0. The molecule has 0 aliphatic heterocycles. The van der Waals surface area contributed by atoms with Crippen molar-refractivity contribution < 1.29 is 0 Å². The fourth-order valence-electron chi connectivity index (χ4n) is 1.35. The number of rotatable bonds is 7. The highest BCUT2D eigenvalue weighted by molar-refractivity contribution is 7.99. The van der Waals surface area contributed by atoms with E-state index in [9.17, 15) is 0 Å². The summed E-state index contributed by atoms with van der Waals surface area (Å²) in [5.74, 6) is 3.59. The standard InChI is InChI=1S/C10H19N3S/c1-3-14-8-4-6-13-7-5-12-10(13)9-11-2/h5,7,11H,3-4,6,8-9H2,1-2H3. The summed E-state index contributed by atoms with van der Waals surface area (Å²) in [6.45, 7) is 4.15. The molecule has 0 unspecified atom stereocenters. The van der Waals surface area contributed by atoms with Crippen molar-refractivity contribution in [3.63, 3.8) is 0 Å². The molecule has 1 aromatic rings. The second-order valence-electron chi connectivity index (χ2n) is 3.12. The van der Waals surface area contributed by atoms with Gasteiger partial charge in [0.15, 0.2) is 0 Å². The molecule has 0 atom stereocenters. The van der Waals surface area contributed by atoms with Crippen LogP contribution in [0.2, 0.25) is 0 Å². The molecule has 14 heavy (non-hydrogen) atoms. The molecule has 0 spiro atoms. The summed E-state index contributed by atoms with van der Waals surface area (Å²) in [4.78, 5) is 4.30. The Kier molecular flexibility index (Phi) is 5.71. The molecule has 0 saturated carbocycles. The topological polar surface area (TPSA) is 29.9 Å². The Morgan fingerprint density at radius 1 is 1.57 bits per heavy atom. The van der Waals surface area contributed by atoms with E-state index >= 15 is 0 Å². The van der Waals surface area contributed by atoms with Crippen LogP contribution >= 0.6 is 11.8 Å². The van der Waals surface area contributed by atoms with Crippen LogP contribution in [0.3, 0.4) is 0 Å². The lowest BCUT2D eigenvalue weighted by molar-refractivity contribution is 0.618. The molecule has 0 aliphatic rings. The lowest BCUT2D eigenvalue weighted by atomic mass is 10.4. The monoisotopic (exact) mass is 213 g/mol. The maximum atomic E-state index is 4.30. The van der Waals surface area contributed by atoms with E-state index in [0.29, 0.717) is 0 Å². The molecule has 1 rings (SSSR count). The number of nitrogens with zero attached hydrogens (tertiary/aromatic N) is 2. The van der Waals surface area contributed by atoms with Crippen molar-refractivity contribution in [2.45, 2.75) is 26.4 Å². The van der Waals surface area contributed by atoms with Crippen molar-refractivity contribution in [1.82, 2.24) is 14.9 Å². The lowest BCUT2D eigenvalue weighted by Gasteiger charge is -2.06. The van der Waals surface area contributed by atoms with Crippen LogP contribution in [-0.4, -0.2) is 28.1 Å². The van der Waals surface area contributed by atoms with Gasteiger partial charge in [0.1, 0.15) is 5.82 Å². The predicted molar refractivity (Wildman–Crippen MR) is 62.6 cm³/mol. The van der Waals surface area contributed by atoms with E-state index in [1.54, 1.807) is 0 Å². The molecule has 1 N–H and O–H groups in total. The van der Waals surface area contributed by atoms with E-state index < -0.39 is 0 Å². The van der Waals surface area contributed by atoms with Crippen LogP contribution < -0.4 is 5.32 Å². The Morgan fingerprint density at radius 2 is 2.43 bits per heavy atom. The first-order valence-electron chi connectivity index (χ1n) is 5.10. The third kappa shape index (κ3) is 3.72. The summed E-state index contributed by atoms with van der Waals surface area (Å²) in [5, 5.41) is 3.12. The van der Waals surface area contributed by atoms with Gasteiger partial charge < -0.3 is 9.88 Å². The van der Waals surface area contributed by atoms with Crippen LogP contribution in [0.25, 0.3) is 0 Å². The maximum absolute atomic E-state index is 4.30. The first kappa shape index (κ1) is 11.6. The van der Waals surface area contributed by atoms with Gasteiger partial charge in [-0.05, 0) is 25.0 Å². The van der Waals surface area contributed by atoms with Crippen molar-refractivity contribution in [3.05, 3.63) is 18.2 Å². The predicted octanol–water partition coefficient (Wildman–Crippen LogP) is 1.75. The lowest BCUT2D eigenvalue weighted by Crippen LogP contribution is -2.12. The Labute approximate surface area is 90.3 Å². The maximum Gasteiger partial charge on any atom is 0.122 e. The van der Waals surface area contributed by atoms with Gasteiger partial charge in [0.25, 0.3) is 0 Å². The third-order valence-electron chi connectivity index (χ3n) is 2.03. The number of nitrogens with one attached hydrogen (secondary N) is 1. The molecule has 0 amide bonds. The zero-order valence-electron chi connectivity index (χ0n) is 8.99. The molecule has 0 bridgehead atoms. The SMILES string of the molecule is CCSCCCn1ccnc1CNC. The van der Waals surface area contributed by atoms with E-state index in [0.717, 1.165) is 18.9 Å². The van der Waals surface area contributed by atoms with Gasteiger partial charge in [-0.2, -0.15) is 11.8 Å². The van der Waals surface area contributed by atoms with Gasteiger partial charge >= 0.3 is 0 Å². The van der Waals surface area contributed by atoms with Crippen LogP contribution in [0.15, 0.2) is 12.4 Å². The molecular formula is C10H19N3S. The van der Waals surface area contributed by atoms with E-state index in [2.05, 4.69) is 28.0 Å². The average Bonchev–Trinajstić information content (AvgIpc) is 2.61. The Morgan fingerprint density at radius 3 is 3.14 bits per heavy atom. The van der Waals surface area contributed by atoms with Crippen molar-refractivity contribution in [2.24, 2.45) is 0 Å². The van der Waals surface area contributed by atoms with E-state index in [1.165, 1.54) is 17.9 Å². The van der Waals surface area contributed by atoms with Gasteiger partial charge in [-0.3, -0.25) is 0 Å². The number of imidazole rings is 1. The zero-order valence-corrected chi connectivity index (χ0v) is 9.81. The van der Waals surface area contributed by atoms with Crippen molar-refractivity contribution >= 4 is 11.8 Å². The minimum atomic E-state index is 0.855. The van der Waals surface area contributed by atoms with Crippen LogP contribution in [0, 0.1) is 0 Å². The molecular weight excluding hydrogens is 194 g/mol. The number of aromatic nitrogens is 2. The summed E-state index contributed by atoms with van der Waals surface area (Å²) in [6.07, 6.45) is 5.16. The molecule has 4 heteroatoms. The Hall–Kier alpha value is -0.480. The van der Waals surface area contributed by atoms with Crippen LogP contribution in [0.5, 0.6) is 0 Å². The first-order chi connectivity index (χ1) is 6.88. The number of thioether (sulfide) groups is 1. The smallest absolute Gasteiger partial charge is 0.122 e. The second kappa shape index (κ2) is 6.90. The van der Waals surface area contributed by atoms with Gasteiger partial charge in [0, 0.05) is 18.9 Å². The van der Waals surface area contributed by atoms with Crippen LogP contribution in [0.1, 0.15) is 19.2 Å². The summed E-state index contributed by atoms with van der Waals surface area (Å²) in [5.41, 5.74) is 0. The quantitative estimate of drug-likeness (QED) is 0.700. The molecule has 80 valence electrons. The minimum absolute atomic E-state index is 0.855. The van der Waals surface area contributed by atoms with Crippen molar-refractivity contribution in [3.8, 4) is 0 Å². The summed E-state index contributed by atoms with van der Waals surface area (Å²) >= 11 is 2.00. The number of aryl methyl sites for hydroxylation is 1. The Bertz CT molecular complexity index is 247. The Balaban J connectivity index is 2.30. The highest BCUT2D eigenvalue weighted by Gasteiger charge is 2.00. The number of hydrogen-bond donors (Lipinski definition) is 1. The average molecular weight is 213 g/mol. The van der Waals surface area contributed by atoms with Gasteiger partial charge in [-0.15, -0.1) is 0 Å². The fourth-order valence-corrected chi connectivity index (χ4v) is 1.97. The van der Waals surface area contributed by atoms with Crippen LogP contribution in [-0.2, 0) is 13.1 Å². The largest absolute Gasteiger partial charge is 0.334 e. The molecule has 0 fully saturated rings. The zero-order chi connectivity index (χ0) is 10.2. The van der Waals surface area contributed by atoms with E-state index in [-0.39, 0.29) is 0 Å². The molecule has 1 aromatic heterocycles. The third-order valence-corrected chi connectivity index (χ3v) is 3.01. The van der Waals surface area contributed by atoms with E-state index in [4.69, 9.17) is 0 Å². The first-order valence-corrected chi connectivity index (χ1v) is 6.26. The minimum Gasteiger partial charge on any atom is -0.334 e. The van der Waals surface area contributed by atoms with E-state index in [1.807, 2.05) is 25.0 Å². The highest BCUT2D eigenvalue weighted by atomic mass is 32.2. The molecule has 1 heterocycles.